The second-order valence-electron chi connectivity index (χ2n) is 0.519. The molecule has 2 nitrogen and oxygen atoms in total. The van der Waals surface area contributed by atoms with Crippen LogP contribution in [-0.4, -0.2) is 34.1 Å². The molecule has 4 heteroatoms. The molecule has 0 rings (SSSR count). The minimum Gasteiger partial charge on any atom is -0.481 e. The molecule has 0 aliphatic rings. The van der Waals surface area contributed by atoms with Crippen molar-refractivity contribution in [3.05, 3.63) is 0 Å². The van der Waals surface area contributed by atoms with Gasteiger partial charge in [-0.25, -0.2) is 0 Å². The third-order valence-corrected chi connectivity index (χ3v) is 0. The van der Waals surface area contributed by atoms with Crippen molar-refractivity contribution in [2.75, 3.05) is 0 Å². The first-order chi connectivity index (χ1) is 1.73. The minimum atomic E-state index is -0.833. The fourth-order valence-corrected chi connectivity index (χ4v) is 0. The van der Waals surface area contributed by atoms with Gasteiger partial charge in [0.05, 0.1) is 0 Å². The maximum absolute atomic E-state index is 9.00. The quantitative estimate of drug-likeness (QED) is 0.481. The summed E-state index contributed by atoms with van der Waals surface area (Å²) in [4.78, 5) is 9.00. The number of carboxylic acids is 1. The number of aliphatic carboxylic acids is 1. The molecule has 0 aliphatic heterocycles. The van der Waals surface area contributed by atoms with Crippen molar-refractivity contribution in [1.82, 2.24) is 0 Å². The number of carbonyl (C=O) groups is 1. The van der Waals surface area contributed by atoms with Gasteiger partial charge in [0, 0.05) is 49.5 Å². The first-order valence-corrected chi connectivity index (χ1v) is 0.928. The van der Waals surface area contributed by atoms with Crippen LogP contribution in [0.1, 0.15) is 6.92 Å². The van der Waals surface area contributed by atoms with Crippen molar-refractivity contribution in [2.24, 2.45) is 0 Å². The Morgan fingerprint density at radius 1 is 1.67 bits per heavy atom. The van der Waals surface area contributed by atoms with Gasteiger partial charge in [-0.2, -0.15) is 0 Å². The van der Waals surface area contributed by atoms with E-state index in [4.69, 9.17) is 9.90 Å². The zero-order valence-corrected chi connectivity index (χ0v) is 8.15. The van der Waals surface area contributed by atoms with Crippen LogP contribution < -0.4 is 0 Å². The number of carboxylic acid groups (broad SMARTS) is 1. The summed E-state index contributed by atoms with van der Waals surface area (Å²) < 4.78 is 0. The summed E-state index contributed by atoms with van der Waals surface area (Å²) in [7, 11) is 0. The Morgan fingerprint density at radius 2 is 1.67 bits per heavy atom. The van der Waals surface area contributed by atoms with Gasteiger partial charge in [-0.05, 0) is 0 Å². The van der Waals surface area contributed by atoms with Gasteiger partial charge in [0.1, 0.15) is 0 Å². The van der Waals surface area contributed by atoms with Gasteiger partial charge in [0.25, 0.3) is 5.97 Å². The summed E-state index contributed by atoms with van der Waals surface area (Å²) in [5, 5.41) is 7.42. The Bertz CT molecular complexity index is 34.5. The smallest absolute Gasteiger partial charge is 0.300 e. The van der Waals surface area contributed by atoms with Gasteiger partial charge in [-0.15, -0.1) is 0 Å². The third-order valence-electron chi connectivity index (χ3n) is 0. The zero-order chi connectivity index (χ0) is 3.58. The average molecular weight is 150 g/mol. The SMILES string of the molecule is CC(=O)O.[Mg].[Zn]. The second kappa shape index (κ2) is 9.29. The van der Waals surface area contributed by atoms with E-state index in [1.807, 2.05) is 0 Å². The monoisotopic (exact) mass is 148 g/mol. The summed E-state index contributed by atoms with van der Waals surface area (Å²) in [5.74, 6) is -0.833. The molecule has 0 amide bonds. The standard InChI is InChI=1S/C2H4O2.Mg.Zn/c1-2(3)4;;/h1H3,(H,3,4);;. The number of hydrogen-bond acceptors (Lipinski definition) is 1. The van der Waals surface area contributed by atoms with Gasteiger partial charge in [0.15, 0.2) is 0 Å². The molecule has 6 heavy (non-hydrogen) atoms. The minimum absolute atomic E-state index is 0. The van der Waals surface area contributed by atoms with Gasteiger partial charge in [0.2, 0.25) is 0 Å². The molecule has 2 radical (unpaired) electrons. The van der Waals surface area contributed by atoms with E-state index in [1.54, 1.807) is 0 Å². The van der Waals surface area contributed by atoms with Crippen LogP contribution in [0.3, 0.4) is 0 Å². The van der Waals surface area contributed by atoms with E-state index in [9.17, 15) is 0 Å². The molecular weight excluding hydrogens is 146 g/mol. The van der Waals surface area contributed by atoms with Crippen LogP contribution in [0.2, 0.25) is 0 Å². The Labute approximate surface area is 65.2 Å². The summed E-state index contributed by atoms with van der Waals surface area (Å²) in [6, 6.07) is 0. The molecule has 0 heterocycles. The molecule has 0 spiro atoms. The van der Waals surface area contributed by atoms with Crippen molar-refractivity contribution in [3.8, 4) is 0 Å². The van der Waals surface area contributed by atoms with Gasteiger partial charge >= 0.3 is 0 Å². The fourth-order valence-electron chi connectivity index (χ4n) is 0. The van der Waals surface area contributed by atoms with E-state index in [0.29, 0.717) is 0 Å². The van der Waals surface area contributed by atoms with Crippen molar-refractivity contribution in [2.45, 2.75) is 6.92 Å². The van der Waals surface area contributed by atoms with Crippen LogP contribution >= 0.6 is 0 Å². The maximum atomic E-state index is 9.00. The van der Waals surface area contributed by atoms with E-state index in [-0.39, 0.29) is 42.5 Å². The molecule has 0 atom stereocenters. The molecule has 0 saturated carbocycles. The Kier molecular flexibility index (Phi) is 24.5. The van der Waals surface area contributed by atoms with Crippen molar-refractivity contribution >= 4 is 29.0 Å². The van der Waals surface area contributed by atoms with E-state index in [2.05, 4.69) is 0 Å². The molecule has 0 fully saturated rings. The van der Waals surface area contributed by atoms with Crippen LogP contribution in [-0.2, 0) is 24.3 Å². The zero-order valence-electron chi connectivity index (χ0n) is 3.77. The van der Waals surface area contributed by atoms with Gasteiger partial charge in [-0.3, -0.25) is 4.79 Å². The topological polar surface area (TPSA) is 37.3 Å². The van der Waals surface area contributed by atoms with Crippen LogP contribution in [0.25, 0.3) is 0 Å². The van der Waals surface area contributed by atoms with Crippen molar-refractivity contribution < 1.29 is 29.4 Å². The van der Waals surface area contributed by atoms with E-state index >= 15 is 0 Å². The summed E-state index contributed by atoms with van der Waals surface area (Å²) in [6.45, 7) is 1.08. The maximum Gasteiger partial charge on any atom is 0.300 e. The van der Waals surface area contributed by atoms with Crippen LogP contribution in [0.5, 0.6) is 0 Å². The van der Waals surface area contributed by atoms with E-state index < -0.39 is 5.97 Å². The van der Waals surface area contributed by atoms with E-state index in [1.165, 1.54) is 0 Å². The fraction of sp³-hybridized carbons (Fsp3) is 0.500. The first-order valence-electron chi connectivity index (χ1n) is 0.928. The summed E-state index contributed by atoms with van der Waals surface area (Å²) in [6.07, 6.45) is 0. The Hall–Kier alpha value is 0.860. The molecule has 0 unspecified atom stereocenters. The molecule has 1 N–H and O–H groups in total. The third kappa shape index (κ3) is 98.0. The van der Waals surface area contributed by atoms with Crippen molar-refractivity contribution in [3.63, 3.8) is 0 Å². The van der Waals surface area contributed by atoms with Gasteiger partial charge in [-0.1, -0.05) is 0 Å². The molecule has 0 aromatic carbocycles. The molecule has 0 aliphatic carbocycles. The molecule has 0 saturated heterocycles. The van der Waals surface area contributed by atoms with Crippen LogP contribution in [0.15, 0.2) is 0 Å². The van der Waals surface area contributed by atoms with Gasteiger partial charge < -0.3 is 5.11 Å². The Balaban J connectivity index is -0.0000000450. The molecule has 0 aromatic heterocycles. The van der Waals surface area contributed by atoms with Crippen LogP contribution in [0.4, 0.5) is 0 Å². The molecule has 0 aromatic rings. The van der Waals surface area contributed by atoms with Crippen LogP contribution in [0, 0.1) is 0 Å². The normalized spacial score (nSPS) is 4.17. The molecular formula is C2H4MgO2Zn. The number of hydrogen-bond donors (Lipinski definition) is 1. The summed E-state index contributed by atoms with van der Waals surface area (Å²) >= 11 is 0. The predicted molar refractivity (Wildman–Crippen MR) is 19.1 cm³/mol. The number of rotatable bonds is 0. The molecule has 0 bridgehead atoms. The second-order valence-corrected chi connectivity index (χ2v) is 0.519. The van der Waals surface area contributed by atoms with E-state index in [0.717, 1.165) is 6.92 Å². The largest absolute Gasteiger partial charge is 0.481 e. The average Bonchev–Trinajstić information content (AvgIpc) is 0.811. The summed E-state index contributed by atoms with van der Waals surface area (Å²) in [5.41, 5.74) is 0. The Morgan fingerprint density at radius 3 is 1.67 bits per heavy atom. The first kappa shape index (κ1) is 15.8. The van der Waals surface area contributed by atoms with Crippen molar-refractivity contribution in [1.29, 1.82) is 0 Å². The molecule has 28 valence electrons. The predicted octanol–water partition coefficient (Wildman–Crippen LogP) is -0.292.